The van der Waals surface area contributed by atoms with E-state index in [2.05, 4.69) is 4.74 Å². The normalized spacial score (nSPS) is 13.5. The minimum Gasteiger partial charge on any atom is -0.504 e. The van der Waals surface area contributed by atoms with Crippen molar-refractivity contribution in [3.8, 4) is 17.2 Å². The van der Waals surface area contributed by atoms with Crippen LogP contribution in [-0.2, 0) is 6.42 Å². The molecular formula is C10H11F3O4. The molecule has 0 heterocycles. The van der Waals surface area contributed by atoms with Gasteiger partial charge < -0.3 is 20.1 Å². The first-order chi connectivity index (χ1) is 7.75. The fourth-order valence-corrected chi connectivity index (χ4v) is 1.26. The molecule has 3 N–H and O–H groups in total. The number of hydrogen-bond donors (Lipinski definition) is 3. The van der Waals surface area contributed by atoms with E-state index in [0.29, 0.717) is 0 Å². The average molecular weight is 252 g/mol. The van der Waals surface area contributed by atoms with Crippen LogP contribution in [0.3, 0.4) is 0 Å². The quantitative estimate of drug-likeness (QED) is 0.714. The number of aliphatic hydroxyl groups is 1. The van der Waals surface area contributed by atoms with Gasteiger partial charge in [-0.05, 0) is 17.7 Å². The van der Waals surface area contributed by atoms with E-state index >= 15 is 0 Å². The smallest absolute Gasteiger partial charge is 0.414 e. The molecule has 1 rings (SSSR count). The van der Waals surface area contributed by atoms with Crippen LogP contribution >= 0.6 is 0 Å². The molecule has 0 spiro atoms. The topological polar surface area (TPSA) is 69.9 Å². The Bertz CT molecular complexity index is 403. The van der Waals surface area contributed by atoms with Gasteiger partial charge in [-0.3, -0.25) is 0 Å². The minimum absolute atomic E-state index is 0.00183. The van der Waals surface area contributed by atoms with Crippen LogP contribution in [0.25, 0.3) is 0 Å². The molecule has 0 saturated carbocycles. The van der Waals surface area contributed by atoms with Crippen molar-refractivity contribution in [2.24, 2.45) is 0 Å². The van der Waals surface area contributed by atoms with Crippen molar-refractivity contribution in [1.29, 1.82) is 0 Å². The fraction of sp³-hybridized carbons (Fsp3) is 0.400. The van der Waals surface area contributed by atoms with Crippen LogP contribution in [0.5, 0.6) is 17.2 Å². The number of aromatic hydroxyl groups is 2. The SMILES string of the molecule is COc1cc(CC(O)C(F)(F)F)cc(O)c1O. The molecule has 4 nitrogen and oxygen atoms in total. The van der Waals surface area contributed by atoms with Crippen LogP contribution in [0.15, 0.2) is 12.1 Å². The van der Waals surface area contributed by atoms with Gasteiger partial charge >= 0.3 is 6.18 Å². The monoisotopic (exact) mass is 252 g/mol. The van der Waals surface area contributed by atoms with Crippen LogP contribution in [0.2, 0.25) is 0 Å². The summed E-state index contributed by atoms with van der Waals surface area (Å²) in [7, 11) is 1.19. The number of halogens is 3. The van der Waals surface area contributed by atoms with Gasteiger partial charge in [0.1, 0.15) is 0 Å². The van der Waals surface area contributed by atoms with Gasteiger partial charge in [-0.15, -0.1) is 0 Å². The van der Waals surface area contributed by atoms with E-state index in [9.17, 15) is 23.4 Å². The summed E-state index contributed by atoms with van der Waals surface area (Å²) in [6.45, 7) is 0. The highest BCUT2D eigenvalue weighted by atomic mass is 19.4. The van der Waals surface area contributed by atoms with E-state index in [1.165, 1.54) is 7.11 Å². The molecule has 0 aromatic heterocycles. The lowest BCUT2D eigenvalue weighted by atomic mass is 10.1. The number of ether oxygens (including phenoxy) is 1. The van der Waals surface area contributed by atoms with Gasteiger partial charge in [0.15, 0.2) is 17.6 Å². The van der Waals surface area contributed by atoms with Crippen LogP contribution in [0.4, 0.5) is 13.2 Å². The molecule has 0 fully saturated rings. The van der Waals surface area contributed by atoms with E-state index in [4.69, 9.17) is 5.11 Å². The zero-order valence-electron chi connectivity index (χ0n) is 8.82. The highest BCUT2D eigenvalue weighted by Crippen LogP contribution is 2.37. The summed E-state index contributed by atoms with van der Waals surface area (Å²) in [5, 5.41) is 27.3. The second-order valence-electron chi connectivity index (χ2n) is 3.43. The lowest BCUT2D eigenvalue weighted by Gasteiger charge is -2.15. The summed E-state index contributed by atoms with van der Waals surface area (Å²) in [5.41, 5.74) is 0.00183. The summed E-state index contributed by atoms with van der Waals surface area (Å²) in [4.78, 5) is 0. The molecule has 17 heavy (non-hydrogen) atoms. The third kappa shape index (κ3) is 3.16. The molecule has 0 amide bonds. The van der Waals surface area contributed by atoms with Gasteiger partial charge in [-0.1, -0.05) is 0 Å². The third-order valence-electron chi connectivity index (χ3n) is 2.14. The Kier molecular flexibility index (Phi) is 3.72. The summed E-state index contributed by atoms with van der Waals surface area (Å²) < 4.78 is 41.0. The lowest BCUT2D eigenvalue weighted by molar-refractivity contribution is -0.203. The Morgan fingerprint density at radius 3 is 2.35 bits per heavy atom. The number of rotatable bonds is 3. The highest BCUT2D eigenvalue weighted by molar-refractivity contribution is 5.52. The molecular weight excluding hydrogens is 241 g/mol. The summed E-state index contributed by atoms with van der Waals surface area (Å²) in [6.07, 6.45) is -8.00. The molecule has 0 aliphatic rings. The van der Waals surface area contributed by atoms with Gasteiger partial charge in [0.25, 0.3) is 0 Å². The van der Waals surface area contributed by atoms with Crippen LogP contribution in [0, 0.1) is 0 Å². The second-order valence-corrected chi connectivity index (χ2v) is 3.43. The molecule has 0 radical (unpaired) electrons. The van der Waals surface area contributed by atoms with Gasteiger partial charge in [-0.2, -0.15) is 13.2 Å². The average Bonchev–Trinajstić information content (AvgIpc) is 2.21. The number of methoxy groups -OCH3 is 1. The molecule has 1 unspecified atom stereocenters. The predicted octanol–water partition coefficient (Wildman–Crippen LogP) is 1.57. The van der Waals surface area contributed by atoms with Crippen molar-refractivity contribution < 1.29 is 33.2 Å². The highest BCUT2D eigenvalue weighted by Gasteiger charge is 2.38. The lowest BCUT2D eigenvalue weighted by Crippen LogP contribution is -2.30. The van der Waals surface area contributed by atoms with Crippen molar-refractivity contribution in [3.63, 3.8) is 0 Å². The fourth-order valence-electron chi connectivity index (χ4n) is 1.26. The molecule has 1 aromatic carbocycles. The van der Waals surface area contributed by atoms with Crippen molar-refractivity contribution >= 4 is 0 Å². The number of alkyl halides is 3. The third-order valence-corrected chi connectivity index (χ3v) is 2.14. The zero-order valence-corrected chi connectivity index (χ0v) is 8.82. The Balaban J connectivity index is 2.97. The molecule has 0 aliphatic heterocycles. The Morgan fingerprint density at radius 2 is 1.88 bits per heavy atom. The molecule has 0 aliphatic carbocycles. The van der Waals surface area contributed by atoms with E-state index < -0.39 is 30.2 Å². The minimum atomic E-state index is -4.74. The van der Waals surface area contributed by atoms with Crippen molar-refractivity contribution in [1.82, 2.24) is 0 Å². The first kappa shape index (κ1) is 13.4. The van der Waals surface area contributed by atoms with E-state index in [0.717, 1.165) is 12.1 Å². The Morgan fingerprint density at radius 1 is 1.29 bits per heavy atom. The molecule has 7 heteroatoms. The van der Waals surface area contributed by atoms with Crippen LogP contribution < -0.4 is 4.74 Å². The van der Waals surface area contributed by atoms with Gasteiger partial charge in [0.2, 0.25) is 5.75 Å². The molecule has 96 valence electrons. The summed E-state index contributed by atoms with van der Waals surface area (Å²) >= 11 is 0. The Labute approximate surface area is 94.9 Å². The number of phenols is 2. The molecule has 1 atom stereocenters. The second kappa shape index (κ2) is 4.70. The first-order valence-electron chi connectivity index (χ1n) is 4.59. The largest absolute Gasteiger partial charge is 0.504 e. The van der Waals surface area contributed by atoms with E-state index in [-0.39, 0.29) is 11.3 Å². The molecule has 1 aromatic rings. The van der Waals surface area contributed by atoms with Gasteiger partial charge in [0, 0.05) is 6.42 Å². The van der Waals surface area contributed by atoms with Gasteiger partial charge in [-0.25, -0.2) is 0 Å². The summed E-state index contributed by atoms with van der Waals surface area (Å²) in [6, 6.07) is 2.05. The van der Waals surface area contributed by atoms with E-state index in [1.54, 1.807) is 0 Å². The van der Waals surface area contributed by atoms with Crippen LogP contribution in [0.1, 0.15) is 5.56 Å². The maximum absolute atomic E-state index is 12.1. The number of hydrogen-bond acceptors (Lipinski definition) is 4. The summed E-state index contributed by atoms with van der Waals surface area (Å²) in [5.74, 6) is -1.32. The van der Waals surface area contributed by atoms with E-state index in [1.807, 2.05) is 0 Å². The molecule has 0 saturated heterocycles. The zero-order chi connectivity index (χ0) is 13.2. The standard InChI is InChI=1S/C10H11F3O4/c1-17-7-3-5(2-6(14)9(7)16)4-8(15)10(11,12)13/h2-3,8,14-16H,4H2,1H3. The van der Waals surface area contributed by atoms with Crippen molar-refractivity contribution in [2.45, 2.75) is 18.7 Å². The number of phenolic OH excluding ortho intramolecular Hbond substituents is 2. The Hall–Kier alpha value is -1.63. The van der Waals surface area contributed by atoms with Crippen LogP contribution in [-0.4, -0.2) is 34.7 Å². The number of benzene rings is 1. The molecule has 0 bridgehead atoms. The number of aliphatic hydroxyl groups excluding tert-OH is 1. The predicted molar refractivity (Wildman–Crippen MR) is 52.1 cm³/mol. The van der Waals surface area contributed by atoms with Crippen molar-refractivity contribution in [2.75, 3.05) is 7.11 Å². The maximum atomic E-state index is 12.1. The maximum Gasteiger partial charge on any atom is 0.414 e. The van der Waals surface area contributed by atoms with Gasteiger partial charge in [0.05, 0.1) is 7.11 Å². The van der Waals surface area contributed by atoms with Crippen molar-refractivity contribution in [3.05, 3.63) is 17.7 Å². The first-order valence-corrected chi connectivity index (χ1v) is 4.59.